The van der Waals surface area contributed by atoms with Crippen molar-refractivity contribution in [3.8, 4) is 0 Å². The number of hydrogen-bond acceptors (Lipinski definition) is 1. The maximum atomic E-state index is 3.63. The molecule has 0 unspecified atom stereocenters. The van der Waals surface area contributed by atoms with E-state index in [1.165, 1.54) is 0 Å². The van der Waals surface area contributed by atoms with Gasteiger partial charge in [-0.05, 0) is 6.08 Å². The highest BCUT2D eigenvalue weighted by atomic mass is 14.9. The number of nitrogens with one attached hydrogen (secondary N) is 1. The lowest BCUT2D eigenvalue weighted by Crippen LogP contribution is -2.09. The SMILES string of the molecule is C=CCNC(=C)C=C. The Kier molecular flexibility index (Phi) is 3.67. The fourth-order valence-electron chi connectivity index (χ4n) is 0.275. The second kappa shape index (κ2) is 4.19. The van der Waals surface area contributed by atoms with Gasteiger partial charge < -0.3 is 5.32 Å². The fourth-order valence-corrected chi connectivity index (χ4v) is 0.275. The second-order valence-electron chi connectivity index (χ2n) is 1.40. The molecule has 0 saturated carbocycles. The molecular weight excluding hydrogens is 98.1 g/mol. The van der Waals surface area contributed by atoms with E-state index in [4.69, 9.17) is 0 Å². The molecule has 0 saturated heterocycles. The molecule has 1 heteroatoms. The van der Waals surface area contributed by atoms with Crippen LogP contribution in [0.5, 0.6) is 0 Å². The molecule has 0 rings (SSSR count). The van der Waals surface area contributed by atoms with Crippen molar-refractivity contribution < 1.29 is 0 Å². The van der Waals surface area contributed by atoms with E-state index in [9.17, 15) is 0 Å². The van der Waals surface area contributed by atoms with Crippen molar-refractivity contribution in [3.05, 3.63) is 37.6 Å². The van der Waals surface area contributed by atoms with Gasteiger partial charge in [0.1, 0.15) is 0 Å². The highest BCUT2D eigenvalue weighted by Gasteiger charge is 1.77. The predicted octanol–water partition coefficient (Wildman–Crippen LogP) is 1.46. The van der Waals surface area contributed by atoms with Crippen molar-refractivity contribution in [2.75, 3.05) is 6.54 Å². The summed E-state index contributed by atoms with van der Waals surface area (Å²) in [5, 5.41) is 2.95. The van der Waals surface area contributed by atoms with Crippen LogP contribution in [0.3, 0.4) is 0 Å². The van der Waals surface area contributed by atoms with Crippen molar-refractivity contribution in [3.63, 3.8) is 0 Å². The average Bonchev–Trinajstić information content (AvgIpc) is 1.83. The van der Waals surface area contributed by atoms with Crippen LogP contribution < -0.4 is 5.32 Å². The summed E-state index contributed by atoms with van der Waals surface area (Å²) in [6.45, 7) is 11.4. The molecule has 0 aliphatic heterocycles. The third-order valence-corrected chi connectivity index (χ3v) is 0.720. The van der Waals surface area contributed by atoms with E-state index in [1.54, 1.807) is 12.2 Å². The molecule has 0 heterocycles. The van der Waals surface area contributed by atoms with E-state index in [2.05, 4.69) is 25.1 Å². The van der Waals surface area contributed by atoms with Crippen LogP contribution >= 0.6 is 0 Å². The van der Waals surface area contributed by atoms with Gasteiger partial charge in [0.25, 0.3) is 0 Å². The summed E-state index contributed by atoms with van der Waals surface area (Å²) < 4.78 is 0. The molecule has 0 aromatic rings. The summed E-state index contributed by atoms with van der Waals surface area (Å²) in [4.78, 5) is 0. The van der Waals surface area contributed by atoms with Crippen LogP contribution in [-0.2, 0) is 0 Å². The van der Waals surface area contributed by atoms with Gasteiger partial charge >= 0.3 is 0 Å². The first-order chi connectivity index (χ1) is 3.81. The van der Waals surface area contributed by atoms with Crippen LogP contribution in [0.25, 0.3) is 0 Å². The average molecular weight is 109 g/mol. The van der Waals surface area contributed by atoms with Crippen LogP contribution in [0, 0.1) is 0 Å². The molecule has 0 spiro atoms. The Labute approximate surface area is 50.4 Å². The van der Waals surface area contributed by atoms with E-state index in [0.717, 1.165) is 12.2 Å². The lowest BCUT2D eigenvalue weighted by Gasteiger charge is -1.98. The first kappa shape index (κ1) is 7.02. The van der Waals surface area contributed by atoms with Crippen LogP contribution in [0.1, 0.15) is 0 Å². The van der Waals surface area contributed by atoms with Crippen molar-refractivity contribution >= 4 is 0 Å². The van der Waals surface area contributed by atoms with E-state index >= 15 is 0 Å². The zero-order valence-electron chi connectivity index (χ0n) is 4.98. The Balaban J connectivity index is 3.24. The lowest BCUT2D eigenvalue weighted by atomic mass is 10.4. The molecule has 0 aromatic heterocycles. The van der Waals surface area contributed by atoms with Crippen LogP contribution in [0.4, 0.5) is 0 Å². The maximum absolute atomic E-state index is 3.63. The topological polar surface area (TPSA) is 12.0 Å². The van der Waals surface area contributed by atoms with Gasteiger partial charge in [0.05, 0.1) is 0 Å². The largest absolute Gasteiger partial charge is 0.382 e. The van der Waals surface area contributed by atoms with Gasteiger partial charge in [-0.1, -0.05) is 19.2 Å². The second-order valence-corrected chi connectivity index (χ2v) is 1.40. The van der Waals surface area contributed by atoms with Gasteiger partial charge in [-0.25, -0.2) is 0 Å². The predicted molar refractivity (Wildman–Crippen MR) is 37.5 cm³/mol. The third-order valence-electron chi connectivity index (χ3n) is 0.720. The highest BCUT2D eigenvalue weighted by molar-refractivity contribution is 5.08. The number of hydrogen-bond donors (Lipinski definition) is 1. The Hall–Kier alpha value is -0.980. The van der Waals surface area contributed by atoms with E-state index in [1.807, 2.05) is 0 Å². The fraction of sp³-hybridized carbons (Fsp3) is 0.143. The molecule has 0 aliphatic carbocycles. The Bertz CT molecular complexity index is 103. The van der Waals surface area contributed by atoms with Crippen molar-refractivity contribution in [2.24, 2.45) is 0 Å². The molecule has 0 radical (unpaired) electrons. The standard InChI is InChI=1S/C7H11N/c1-4-6-8-7(3)5-2/h4-5,8H,1-3,6H2. The normalized spacial score (nSPS) is 7.50. The Morgan fingerprint density at radius 2 is 2.12 bits per heavy atom. The van der Waals surface area contributed by atoms with E-state index in [0.29, 0.717) is 0 Å². The van der Waals surface area contributed by atoms with E-state index in [-0.39, 0.29) is 0 Å². The van der Waals surface area contributed by atoms with Gasteiger partial charge in [-0.2, -0.15) is 0 Å². The summed E-state index contributed by atoms with van der Waals surface area (Å²) in [5.74, 6) is 0. The zero-order chi connectivity index (χ0) is 6.41. The van der Waals surface area contributed by atoms with Gasteiger partial charge in [0, 0.05) is 12.2 Å². The lowest BCUT2D eigenvalue weighted by molar-refractivity contribution is 0.943. The summed E-state index contributed by atoms with van der Waals surface area (Å²) in [7, 11) is 0. The quantitative estimate of drug-likeness (QED) is 0.425. The number of allylic oxidation sites excluding steroid dienone is 1. The summed E-state index contributed by atoms with van der Waals surface area (Å²) in [6, 6.07) is 0. The molecule has 8 heavy (non-hydrogen) atoms. The monoisotopic (exact) mass is 109 g/mol. The van der Waals surface area contributed by atoms with Gasteiger partial charge in [0.2, 0.25) is 0 Å². The minimum atomic E-state index is 0.755. The summed E-state index contributed by atoms with van der Waals surface area (Å²) >= 11 is 0. The van der Waals surface area contributed by atoms with Gasteiger partial charge in [-0.3, -0.25) is 0 Å². The molecule has 0 aromatic carbocycles. The third kappa shape index (κ3) is 3.22. The molecule has 0 bridgehead atoms. The van der Waals surface area contributed by atoms with Gasteiger partial charge in [-0.15, -0.1) is 6.58 Å². The Morgan fingerprint density at radius 1 is 1.50 bits per heavy atom. The molecular formula is C7H11N. The molecule has 44 valence electrons. The minimum absolute atomic E-state index is 0.755. The molecule has 0 fully saturated rings. The highest BCUT2D eigenvalue weighted by Crippen LogP contribution is 1.80. The molecule has 0 aliphatic rings. The summed E-state index contributed by atoms with van der Waals surface area (Å²) in [6.07, 6.45) is 3.44. The first-order valence-electron chi connectivity index (χ1n) is 2.47. The Morgan fingerprint density at radius 3 is 2.50 bits per heavy atom. The molecule has 1 nitrogen and oxygen atoms in total. The van der Waals surface area contributed by atoms with Gasteiger partial charge in [0.15, 0.2) is 0 Å². The molecule has 0 amide bonds. The van der Waals surface area contributed by atoms with Crippen LogP contribution in [0.2, 0.25) is 0 Å². The maximum Gasteiger partial charge on any atom is 0.0327 e. The molecule has 0 atom stereocenters. The first-order valence-corrected chi connectivity index (χ1v) is 2.47. The minimum Gasteiger partial charge on any atom is -0.382 e. The molecule has 1 N–H and O–H groups in total. The van der Waals surface area contributed by atoms with Crippen LogP contribution in [0.15, 0.2) is 37.6 Å². The van der Waals surface area contributed by atoms with E-state index < -0.39 is 0 Å². The summed E-state index contributed by atoms with van der Waals surface area (Å²) in [5.41, 5.74) is 0.838. The van der Waals surface area contributed by atoms with Crippen LogP contribution in [-0.4, -0.2) is 6.54 Å². The number of rotatable bonds is 4. The van der Waals surface area contributed by atoms with Crippen molar-refractivity contribution in [1.82, 2.24) is 5.32 Å². The van der Waals surface area contributed by atoms with Crippen molar-refractivity contribution in [2.45, 2.75) is 0 Å². The zero-order valence-corrected chi connectivity index (χ0v) is 4.98. The van der Waals surface area contributed by atoms with Crippen molar-refractivity contribution in [1.29, 1.82) is 0 Å². The smallest absolute Gasteiger partial charge is 0.0327 e.